The van der Waals surface area contributed by atoms with Crippen LogP contribution in [0.25, 0.3) is 11.1 Å². The highest BCUT2D eigenvalue weighted by atomic mass is 32.1. The minimum absolute atomic E-state index is 0.159. The number of nitrogens with two attached hydrogens (primary N) is 1. The van der Waals surface area contributed by atoms with Crippen molar-refractivity contribution in [1.29, 1.82) is 0 Å². The van der Waals surface area contributed by atoms with Crippen molar-refractivity contribution in [3.05, 3.63) is 34.2 Å². The summed E-state index contributed by atoms with van der Waals surface area (Å²) in [4.78, 5) is 12.3. The SMILES string of the molecule is COc1ccc(C)cc1-c1c(C)sc(N)c1C(=O)O. The lowest BCUT2D eigenvalue weighted by molar-refractivity contribution is 0.0699. The maximum Gasteiger partial charge on any atom is 0.339 e. The molecule has 0 fully saturated rings. The van der Waals surface area contributed by atoms with Crippen LogP contribution in [0, 0.1) is 13.8 Å². The van der Waals surface area contributed by atoms with E-state index in [1.54, 1.807) is 7.11 Å². The van der Waals surface area contributed by atoms with E-state index in [1.807, 2.05) is 32.0 Å². The monoisotopic (exact) mass is 277 g/mol. The van der Waals surface area contributed by atoms with E-state index in [4.69, 9.17) is 10.5 Å². The van der Waals surface area contributed by atoms with Gasteiger partial charge in [-0.05, 0) is 26.0 Å². The Morgan fingerprint density at radius 3 is 2.63 bits per heavy atom. The summed E-state index contributed by atoms with van der Waals surface area (Å²) in [6.07, 6.45) is 0. The van der Waals surface area contributed by atoms with Crippen LogP contribution < -0.4 is 10.5 Å². The zero-order valence-corrected chi connectivity index (χ0v) is 11.8. The number of methoxy groups -OCH3 is 1. The van der Waals surface area contributed by atoms with E-state index in [9.17, 15) is 9.90 Å². The lowest BCUT2D eigenvalue weighted by Gasteiger charge is -2.10. The fraction of sp³-hybridized carbons (Fsp3) is 0.214. The third-order valence-corrected chi connectivity index (χ3v) is 3.88. The number of hydrogen-bond acceptors (Lipinski definition) is 4. The van der Waals surface area contributed by atoms with Crippen LogP contribution in [0.1, 0.15) is 20.8 Å². The average molecular weight is 277 g/mol. The highest BCUT2D eigenvalue weighted by Crippen LogP contribution is 2.42. The quantitative estimate of drug-likeness (QED) is 0.902. The Bertz CT molecular complexity index is 646. The van der Waals surface area contributed by atoms with Gasteiger partial charge in [0.05, 0.1) is 7.11 Å². The second-order valence-electron chi connectivity index (χ2n) is 4.28. The molecule has 0 unspecified atom stereocenters. The van der Waals surface area contributed by atoms with Gasteiger partial charge in [0.15, 0.2) is 0 Å². The summed E-state index contributed by atoms with van der Waals surface area (Å²) in [5, 5.41) is 9.66. The molecule has 0 aliphatic heterocycles. The van der Waals surface area contributed by atoms with Crippen LogP contribution in [0.4, 0.5) is 5.00 Å². The molecule has 0 bridgehead atoms. The molecule has 4 nitrogen and oxygen atoms in total. The molecule has 0 saturated heterocycles. The fourth-order valence-electron chi connectivity index (χ4n) is 2.12. The van der Waals surface area contributed by atoms with Gasteiger partial charge in [0.25, 0.3) is 0 Å². The van der Waals surface area contributed by atoms with Crippen molar-refractivity contribution in [2.75, 3.05) is 12.8 Å². The van der Waals surface area contributed by atoms with Crippen molar-refractivity contribution < 1.29 is 14.6 Å². The highest BCUT2D eigenvalue weighted by molar-refractivity contribution is 7.16. The summed E-state index contributed by atoms with van der Waals surface area (Å²) in [7, 11) is 1.57. The summed E-state index contributed by atoms with van der Waals surface area (Å²) >= 11 is 1.29. The Balaban J connectivity index is 2.78. The summed E-state index contributed by atoms with van der Waals surface area (Å²) in [5.41, 5.74) is 8.42. The lowest BCUT2D eigenvalue weighted by Crippen LogP contribution is -2.01. The summed E-state index contributed by atoms with van der Waals surface area (Å²) in [6.45, 7) is 3.82. The van der Waals surface area contributed by atoms with E-state index in [0.29, 0.717) is 16.3 Å². The van der Waals surface area contributed by atoms with Gasteiger partial charge in [-0.2, -0.15) is 0 Å². The Hall–Kier alpha value is -2.01. The molecule has 2 aromatic rings. The smallest absolute Gasteiger partial charge is 0.339 e. The molecule has 1 heterocycles. The van der Waals surface area contributed by atoms with Crippen LogP contribution in [-0.4, -0.2) is 18.2 Å². The van der Waals surface area contributed by atoms with Crippen molar-refractivity contribution in [3.8, 4) is 16.9 Å². The van der Waals surface area contributed by atoms with E-state index in [-0.39, 0.29) is 5.56 Å². The molecule has 0 atom stereocenters. The zero-order valence-electron chi connectivity index (χ0n) is 11.0. The summed E-state index contributed by atoms with van der Waals surface area (Å²) in [5.74, 6) is -0.366. The molecular weight excluding hydrogens is 262 g/mol. The molecule has 5 heteroatoms. The van der Waals surface area contributed by atoms with E-state index in [2.05, 4.69) is 0 Å². The third kappa shape index (κ3) is 2.29. The van der Waals surface area contributed by atoms with Crippen molar-refractivity contribution in [1.82, 2.24) is 0 Å². The van der Waals surface area contributed by atoms with Gasteiger partial charge < -0.3 is 15.6 Å². The van der Waals surface area contributed by atoms with Crippen LogP contribution in [0.5, 0.6) is 5.75 Å². The number of carbonyl (C=O) groups is 1. The number of aryl methyl sites for hydroxylation is 2. The Morgan fingerprint density at radius 2 is 2.05 bits per heavy atom. The maximum atomic E-state index is 11.4. The number of carboxylic acid groups (broad SMARTS) is 1. The van der Waals surface area contributed by atoms with Crippen LogP contribution in [0.3, 0.4) is 0 Å². The van der Waals surface area contributed by atoms with E-state index < -0.39 is 5.97 Å². The van der Waals surface area contributed by atoms with Gasteiger partial charge in [0.1, 0.15) is 16.3 Å². The van der Waals surface area contributed by atoms with Crippen molar-refractivity contribution >= 4 is 22.3 Å². The lowest BCUT2D eigenvalue weighted by atomic mass is 9.99. The molecule has 3 N–H and O–H groups in total. The Labute approximate surface area is 115 Å². The van der Waals surface area contributed by atoms with Gasteiger partial charge >= 0.3 is 5.97 Å². The number of nitrogen functional groups attached to an aromatic ring is 1. The molecule has 0 amide bonds. The molecule has 1 aromatic carbocycles. The van der Waals surface area contributed by atoms with Gasteiger partial charge in [-0.25, -0.2) is 4.79 Å². The fourth-order valence-corrected chi connectivity index (χ4v) is 3.06. The number of carboxylic acids is 1. The number of anilines is 1. The van der Waals surface area contributed by atoms with Crippen LogP contribution in [0.2, 0.25) is 0 Å². The van der Waals surface area contributed by atoms with Crippen LogP contribution in [-0.2, 0) is 0 Å². The first-order chi connectivity index (χ1) is 8.95. The average Bonchev–Trinajstić information content (AvgIpc) is 2.64. The predicted octanol–water partition coefficient (Wildman–Crippen LogP) is 3.32. The largest absolute Gasteiger partial charge is 0.496 e. The molecule has 100 valence electrons. The van der Waals surface area contributed by atoms with Gasteiger partial charge in [-0.1, -0.05) is 11.6 Å². The first-order valence-corrected chi connectivity index (χ1v) is 6.54. The molecule has 0 aliphatic carbocycles. The molecule has 0 aliphatic rings. The number of aromatic carboxylic acids is 1. The molecule has 0 radical (unpaired) electrons. The topological polar surface area (TPSA) is 72.5 Å². The molecule has 2 rings (SSSR count). The van der Waals surface area contributed by atoms with Crippen LogP contribution >= 0.6 is 11.3 Å². The molecular formula is C14H15NO3S. The maximum absolute atomic E-state index is 11.4. The highest BCUT2D eigenvalue weighted by Gasteiger charge is 2.23. The van der Waals surface area contributed by atoms with Gasteiger partial charge in [-0.3, -0.25) is 0 Å². The Morgan fingerprint density at radius 1 is 1.37 bits per heavy atom. The number of ether oxygens (including phenoxy) is 1. The Kier molecular flexibility index (Phi) is 3.48. The standard InChI is InChI=1S/C14H15NO3S/c1-7-4-5-10(18-3)9(6-7)11-8(2)19-13(15)12(11)14(16)17/h4-6H,15H2,1-3H3,(H,16,17). The molecule has 0 spiro atoms. The van der Waals surface area contributed by atoms with Gasteiger partial charge in [0.2, 0.25) is 0 Å². The summed E-state index contributed by atoms with van der Waals surface area (Å²) in [6, 6.07) is 5.68. The van der Waals surface area contributed by atoms with E-state index in [1.165, 1.54) is 11.3 Å². The number of benzene rings is 1. The number of hydrogen-bond donors (Lipinski definition) is 2. The predicted molar refractivity (Wildman–Crippen MR) is 77.2 cm³/mol. The zero-order chi connectivity index (χ0) is 14.2. The third-order valence-electron chi connectivity index (χ3n) is 2.95. The van der Waals surface area contributed by atoms with Crippen LogP contribution in [0.15, 0.2) is 18.2 Å². The second kappa shape index (κ2) is 4.93. The number of rotatable bonds is 3. The minimum Gasteiger partial charge on any atom is -0.496 e. The normalized spacial score (nSPS) is 10.5. The summed E-state index contributed by atoms with van der Waals surface area (Å²) < 4.78 is 5.32. The first kappa shape index (κ1) is 13.4. The number of thiophene rings is 1. The minimum atomic E-state index is -1.01. The first-order valence-electron chi connectivity index (χ1n) is 5.73. The molecule has 0 saturated carbocycles. The second-order valence-corrected chi connectivity index (χ2v) is 5.54. The van der Waals surface area contributed by atoms with Crippen molar-refractivity contribution in [3.63, 3.8) is 0 Å². The van der Waals surface area contributed by atoms with Gasteiger partial charge in [0, 0.05) is 16.0 Å². The van der Waals surface area contributed by atoms with Crippen molar-refractivity contribution in [2.24, 2.45) is 0 Å². The molecule has 19 heavy (non-hydrogen) atoms. The van der Waals surface area contributed by atoms with Crippen molar-refractivity contribution in [2.45, 2.75) is 13.8 Å². The molecule has 1 aromatic heterocycles. The van der Waals surface area contributed by atoms with E-state index in [0.717, 1.165) is 16.0 Å². The van der Waals surface area contributed by atoms with E-state index >= 15 is 0 Å². The van der Waals surface area contributed by atoms with Gasteiger partial charge in [-0.15, -0.1) is 11.3 Å².